The van der Waals surface area contributed by atoms with Crippen LogP contribution in [0.15, 0.2) is 29.7 Å². The zero-order chi connectivity index (χ0) is 13.2. The van der Waals surface area contributed by atoms with Crippen molar-refractivity contribution in [3.05, 3.63) is 24.8 Å². The van der Waals surface area contributed by atoms with Crippen LogP contribution in [-0.4, -0.2) is 28.2 Å². The van der Waals surface area contributed by atoms with Gasteiger partial charge in [-0.05, 0) is 6.92 Å². The summed E-state index contributed by atoms with van der Waals surface area (Å²) in [6.07, 6.45) is 5.32. The molecule has 2 aromatic heterocycles. The van der Waals surface area contributed by atoms with E-state index in [4.69, 9.17) is 5.73 Å². The highest BCUT2D eigenvalue weighted by Crippen LogP contribution is 2.13. The van der Waals surface area contributed by atoms with E-state index >= 15 is 0 Å². The van der Waals surface area contributed by atoms with Crippen molar-refractivity contribution in [3.63, 3.8) is 0 Å². The van der Waals surface area contributed by atoms with Crippen LogP contribution in [0.1, 0.15) is 6.92 Å². The molecule has 0 spiro atoms. The smallest absolute Gasteiger partial charge is 0.265 e. The molecule has 18 heavy (non-hydrogen) atoms. The largest absolute Gasteiger partial charge is 0.368 e. The number of nitrogen functional groups attached to an aromatic ring is 1. The summed E-state index contributed by atoms with van der Waals surface area (Å²) >= 11 is 0. The Morgan fingerprint density at radius 1 is 1.33 bits per heavy atom. The number of nitrogens with two attached hydrogens (primary N) is 1. The molecule has 9 heteroatoms. The van der Waals surface area contributed by atoms with E-state index in [1.165, 1.54) is 6.20 Å². The Morgan fingerprint density at radius 3 is 2.56 bits per heavy atom. The zero-order valence-electron chi connectivity index (χ0n) is 9.61. The Bertz CT molecular complexity index is 633. The maximum absolute atomic E-state index is 11.9. The molecule has 2 rings (SSSR count). The van der Waals surface area contributed by atoms with Crippen LogP contribution in [0.25, 0.3) is 0 Å². The van der Waals surface area contributed by atoms with E-state index in [1.807, 2.05) is 6.92 Å². The highest BCUT2D eigenvalue weighted by molar-refractivity contribution is 7.92. The molecule has 2 heterocycles. The van der Waals surface area contributed by atoms with Crippen LogP contribution in [0.2, 0.25) is 0 Å². The van der Waals surface area contributed by atoms with Crippen molar-refractivity contribution in [2.45, 2.75) is 18.4 Å². The van der Waals surface area contributed by atoms with E-state index in [9.17, 15) is 8.42 Å². The van der Waals surface area contributed by atoms with Gasteiger partial charge in [0.2, 0.25) is 5.95 Å². The summed E-state index contributed by atoms with van der Waals surface area (Å²) in [5, 5.41) is 3.97. The van der Waals surface area contributed by atoms with Gasteiger partial charge in [0, 0.05) is 12.7 Å². The number of sulfonamides is 1. The predicted octanol–water partition coefficient (Wildman–Crippen LogP) is 0.0760. The van der Waals surface area contributed by atoms with Crippen molar-refractivity contribution in [2.75, 3.05) is 10.5 Å². The molecule has 0 radical (unpaired) electrons. The SMILES string of the molecule is CCn1cc(NS(=O)(=O)c2cnc(N)nc2)cn1. The minimum absolute atomic E-state index is 0.0211. The van der Waals surface area contributed by atoms with Gasteiger partial charge in [-0.25, -0.2) is 18.4 Å². The topological polar surface area (TPSA) is 116 Å². The average molecular weight is 268 g/mol. The summed E-state index contributed by atoms with van der Waals surface area (Å²) in [5.41, 5.74) is 5.68. The van der Waals surface area contributed by atoms with Crippen LogP contribution in [0.5, 0.6) is 0 Å². The number of hydrogen-bond acceptors (Lipinski definition) is 6. The molecule has 0 bridgehead atoms. The first kappa shape index (κ1) is 12.3. The predicted molar refractivity (Wildman–Crippen MR) is 65.2 cm³/mol. The first-order valence-electron chi connectivity index (χ1n) is 5.14. The number of nitrogens with one attached hydrogen (secondary N) is 1. The van der Waals surface area contributed by atoms with Crippen LogP contribution in [-0.2, 0) is 16.6 Å². The molecule has 8 nitrogen and oxygen atoms in total. The fourth-order valence-corrected chi connectivity index (χ4v) is 2.18. The van der Waals surface area contributed by atoms with E-state index < -0.39 is 10.0 Å². The summed E-state index contributed by atoms with van der Waals surface area (Å²) in [4.78, 5) is 7.22. The van der Waals surface area contributed by atoms with E-state index in [2.05, 4.69) is 19.8 Å². The number of hydrogen-bond donors (Lipinski definition) is 2. The molecule has 0 unspecified atom stereocenters. The lowest BCUT2D eigenvalue weighted by molar-refractivity contribution is 0.600. The van der Waals surface area contributed by atoms with Gasteiger partial charge >= 0.3 is 0 Å². The van der Waals surface area contributed by atoms with E-state index in [0.717, 1.165) is 12.4 Å². The minimum atomic E-state index is -3.71. The van der Waals surface area contributed by atoms with Crippen LogP contribution in [0.3, 0.4) is 0 Å². The van der Waals surface area contributed by atoms with E-state index in [0.29, 0.717) is 12.2 Å². The molecule has 0 atom stereocenters. The molecule has 96 valence electrons. The molecule has 3 N–H and O–H groups in total. The summed E-state index contributed by atoms with van der Waals surface area (Å²) in [7, 11) is -3.71. The molecule has 0 aliphatic carbocycles. The summed E-state index contributed by atoms with van der Waals surface area (Å²) < 4.78 is 27.9. The standard InChI is InChI=1S/C9H12N6O2S/c1-2-15-6-7(3-13-15)14-18(16,17)8-4-11-9(10)12-5-8/h3-6,14H,2H2,1H3,(H2,10,11,12). The van der Waals surface area contributed by atoms with Crippen LogP contribution in [0, 0.1) is 0 Å². The van der Waals surface area contributed by atoms with Gasteiger partial charge in [-0.1, -0.05) is 0 Å². The van der Waals surface area contributed by atoms with Crippen molar-refractivity contribution in [1.82, 2.24) is 19.7 Å². The van der Waals surface area contributed by atoms with Gasteiger partial charge in [0.15, 0.2) is 0 Å². The minimum Gasteiger partial charge on any atom is -0.368 e. The van der Waals surface area contributed by atoms with Gasteiger partial charge in [-0.3, -0.25) is 9.40 Å². The highest BCUT2D eigenvalue weighted by atomic mass is 32.2. The number of aromatic nitrogens is 4. The van der Waals surface area contributed by atoms with E-state index in [1.54, 1.807) is 10.9 Å². The average Bonchev–Trinajstić information content (AvgIpc) is 2.76. The lowest BCUT2D eigenvalue weighted by Crippen LogP contribution is -2.13. The lowest BCUT2D eigenvalue weighted by atomic mass is 10.6. The third kappa shape index (κ3) is 2.56. The molecule has 2 aromatic rings. The van der Waals surface area contributed by atoms with Gasteiger partial charge < -0.3 is 5.73 Å². The van der Waals surface area contributed by atoms with Crippen molar-refractivity contribution in [3.8, 4) is 0 Å². The Kier molecular flexibility index (Phi) is 3.15. The van der Waals surface area contributed by atoms with Crippen LogP contribution >= 0.6 is 0 Å². The second-order valence-electron chi connectivity index (χ2n) is 3.47. The normalized spacial score (nSPS) is 11.4. The number of nitrogens with zero attached hydrogens (tertiary/aromatic N) is 4. The molecule has 0 amide bonds. The van der Waals surface area contributed by atoms with Gasteiger partial charge in [-0.15, -0.1) is 0 Å². The van der Waals surface area contributed by atoms with Crippen molar-refractivity contribution < 1.29 is 8.42 Å². The quantitative estimate of drug-likeness (QED) is 0.811. The summed E-state index contributed by atoms with van der Waals surface area (Å²) in [5.74, 6) is 0.0211. The first-order valence-corrected chi connectivity index (χ1v) is 6.62. The summed E-state index contributed by atoms with van der Waals surface area (Å²) in [6.45, 7) is 2.56. The molecule has 0 saturated heterocycles. The monoisotopic (exact) mass is 268 g/mol. The fourth-order valence-electron chi connectivity index (χ4n) is 1.27. The Morgan fingerprint density at radius 2 is 2.00 bits per heavy atom. The number of aryl methyl sites for hydroxylation is 1. The maximum atomic E-state index is 11.9. The highest BCUT2D eigenvalue weighted by Gasteiger charge is 2.15. The number of anilines is 2. The third-order valence-electron chi connectivity index (χ3n) is 2.17. The van der Waals surface area contributed by atoms with Gasteiger partial charge in [0.1, 0.15) is 4.90 Å². The molecular weight excluding hydrogens is 256 g/mol. The second-order valence-corrected chi connectivity index (χ2v) is 5.15. The Balaban J connectivity index is 2.24. The molecule has 0 aliphatic rings. The maximum Gasteiger partial charge on any atom is 0.265 e. The zero-order valence-corrected chi connectivity index (χ0v) is 10.4. The lowest BCUT2D eigenvalue weighted by Gasteiger charge is -2.04. The van der Waals surface area contributed by atoms with Crippen LogP contribution in [0.4, 0.5) is 11.6 Å². The fraction of sp³-hybridized carbons (Fsp3) is 0.222. The molecule has 0 aliphatic heterocycles. The molecule has 0 fully saturated rings. The third-order valence-corrected chi connectivity index (χ3v) is 3.50. The van der Waals surface area contributed by atoms with Crippen molar-refractivity contribution in [2.24, 2.45) is 0 Å². The van der Waals surface area contributed by atoms with Crippen molar-refractivity contribution >= 4 is 21.7 Å². The van der Waals surface area contributed by atoms with Gasteiger partial charge in [0.25, 0.3) is 10.0 Å². The van der Waals surface area contributed by atoms with E-state index in [-0.39, 0.29) is 10.8 Å². The molecule has 0 aromatic carbocycles. The summed E-state index contributed by atoms with van der Waals surface area (Å²) in [6, 6.07) is 0. The van der Waals surface area contributed by atoms with Gasteiger partial charge in [0.05, 0.1) is 24.3 Å². The Hall–Kier alpha value is -2.16. The van der Waals surface area contributed by atoms with Gasteiger partial charge in [-0.2, -0.15) is 5.10 Å². The molecule has 0 saturated carbocycles. The first-order chi connectivity index (χ1) is 8.51. The molecular formula is C9H12N6O2S. The second kappa shape index (κ2) is 4.61. The van der Waals surface area contributed by atoms with Crippen LogP contribution < -0.4 is 10.5 Å². The number of rotatable bonds is 4. The van der Waals surface area contributed by atoms with Crippen molar-refractivity contribution in [1.29, 1.82) is 0 Å². The Labute approximate surface area is 104 Å².